The molecule has 2 aliphatic rings. The fraction of sp³-hybridized carbons (Fsp3) is 0.163. The van der Waals surface area contributed by atoms with Gasteiger partial charge >= 0.3 is 0 Å². The van der Waals surface area contributed by atoms with Crippen LogP contribution in [0, 0.1) is 0 Å². The number of fused-ring (bicyclic) bond motifs is 21. The van der Waals surface area contributed by atoms with Gasteiger partial charge in [0, 0.05) is 0 Å². The highest BCUT2D eigenvalue weighted by molar-refractivity contribution is 6.37. The number of rotatable bonds is 4. The molecule has 0 heteroatoms. The summed E-state index contributed by atoms with van der Waals surface area (Å²) in [7, 11) is 0. The van der Waals surface area contributed by atoms with Crippen LogP contribution in [0.5, 0.6) is 0 Å². The zero-order chi connectivity index (χ0) is 66.8. The number of hydrogen-bond acceptors (Lipinski definition) is 0. The maximum atomic E-state index is 2.56. The van der Waals surface area contributed by atoms with Gasteiger partial charge < -0.3 is 0 Å². The van der Waals surface area contributed by atoms with E-state index in [9.17, 15) is 0 Å². The molecule has 0 nitrogen and oxygen atoms in total. The SMILES string of the molecule is CC(C)(C)c1cc(-c2c3c(c(-c4cc(C(C)(C)C)cc(C(C)(C)C)c4)c4ccccc24)-c2ccc4c5c(ccc-3c25)-c2c-4c(-c3ccc4c5ccccc5c5ccccc5c4c3)c3cc4ccccc4cc3c2-c2ccc3c4ccccc4c4ccccc4c3c2)cc(C(C)(C)C)c1. The zero-order valence-corrected chi connectivity index (χ0v) is 58.2. The van der Waals surface area contributed by atoms with Gasteiger partial charge in [-0.1, -0.05) is 314 Å². The standard InChI is InChI=1S/C98H78/c1-95(2,3)61-45-59(46-62(53-61)96(4,5)6)87-75-35-23-24-36-76(75)88(60-47-63(97(7,8)9)54-64(48-60)98(10,11)12)94-80-44-42-78-89-77(41-43-79(90(80)89)93(87)94)91-85(57-37-39-73-69-31-17-15-27-65(69)67-29-19-21-33-71(67)81(73)51-57)83-49-55-25-13-14-26-56(55)50-84(83)86(92(78)91)58-38-40-74-70-32-18-16-28-66(70)68-30-20-22-34-72(68)82(74)52-58/h13-54H,1-12H3. The summed E-state index contributed by atoms with van der Waals surface area (Å²) in [5.74, 6) is 0. The lowest BCUT2D eigenvalue weighted by molar-refractivity contribution is 0.568. The molecule has 17 aromatic carbocycles. The second kappa shape index (κ2) is 20.5. The van der Waals surface area contributed by atoms with Gasteiger partial charge in [-0.05, 0) is 265 Å². The quantitative estimate of drug-likeness (QED) is 0.122. The Labute approximate surface area is 574 Å². The molecule has 19 rings (SSSR count). The lowest BCUT2D eigenvalue weighted by atomic mass is 9.75. The molecule has 0 aliphatic heterocycles. The number of hydrogen-bond donors (Lipinski definition) is 0. The topological polar surface area (TPSA) is 0 Å². The van der Waals surface area contributed by atoms with Crippen LogP contribution >= 0.6 is 0 Å². The summed E-state index contributed by atoms with van der Waals surface area (Å²) in [5, 5.41) is 25.5. The van der Waals surface area contributed by atoms with Crippen LogP contribution in [-0.4, -0.2) is 0 Å². The Hall–Kier alpha value is -10.7. The third-order valence-electron chi connectivity index (χ3n) is 22.6. The molecular weight excluding hydrogens is 1180 g/mol. The van der Waals surface area contributed by atoms with E-state index in [1.807, 2.05) is 0 Å². The van der Waals surface area contributed by atoms with Gasteiger partial charge in [0.05, 0.1) is 0 Å². The average Bonchev–Trinajstić information content (AvgIpc) is 1.52. The minimum Gasteiger partial charge on any atom is -0.0616 e. The Kier molecular flexibility index (Phi) is 12.2. The van der Waals surface area contributed by atoms with Crippen molar-refractivity contribution in [3.05, 3.63) is 277 Å². The fourth-order valence-corrected chi connectivity index (χ4v) is 17.6. The molecule has 0 saturated heterocycles. The first-order valence-electron chi connectivity index (χ1n) is 35.4. The van der Waals surface area contributed by atoms with Crippen LogP contribution in [-0.2, 0) is 21.7 Å². The van der Waals surface area contributed by atoms with Gasteiger partial charge in [0.15, 0.2) is 0 Å². The van der Waals surface area contributed by atoms with Crippen molar-refractivity contribution in [3.8, 4) is 89.0 Å². The molecule has 0 spiro atoms. The van der Waals surface area contributed by atoms with Crippen LogP contribution in [0.2, 0.25) is 0 Å². The molecule has 17 aromatic rings. The summed E-state index contributed by atoms with van der Waals surface area (Å²) >= 11 is 0. The summed E-state index contributed by atoms with van der Waals surface area (Å²) in [6.45, 7) is 28.6. The van der Waals surface area contributed by atoms with Gasteiger partial charge in [0.1, 0.15) is 0 Å². The lowest BCUT2D eigenvalue weighted by Crippen LogP contribution is -2.17. The summed E-state index contributed by atoms with van der Waals surface area (Å²) < 4.78 is 0. The Morgan fingerprint density at radius 3 is 0.673 bits per heavy atom. The Morgan fingerprint density at radius 1 is 0.163 bits per heavy atom. The van der Waals surface area contributed by atoms with E-state index in [1.54, 1.807) is 0 Å². The first-order chi connectivity index (χ1) is 47.2. The van der Waals surface area contributed by atoms with E-state index in [0.29, 0.717) is 0 Å². The summed E-state index contributed by atoms with van der Waals surface area (Å²) in [6.07, 6.45) is 0. The largest absolute Gasteiger partial charge is 0.0616 e. The third kappa shape index (κ3) is 8.49. The normalized spacial score (nSPS) is 13.1. The molecule has 98 heavy (non-hydrogen) atoms. The lowest BCUT2D eigenvalue weighted by Gasteiger charge is -2.29. The van der Waals surface area contributed by atoms with Crippen molar-refractivity contribution in [1.82, 2.24) is 0 Å². The Bertz CT molecular complexity index is 5910. The molecule has 0 bridgehead atoms. The second-order valence-corrected chi connectivity index (χ2v) is 32.7. The molecule has 0 atom stereocenters. The van der Waals surface area contributed by atoms with Gasteiger partial charge in [-0.3, -0.25) is 0 Å². The maximum absolute atomic E-state index is 2.56. The summed E-state index contributed by atoms with van der Waals surface area (Å²) in [5.41, 5.74) is 25.7. The van der Waals surface area contributed by atoms with E-state index < -0.39 is 0 Å². The predicted molar refractivity (Wildman–Crippen MR) is 427 cm³/mol. The molecular formula is C98H78. The monoisotopic (exact) mass is 1250 g/mol. The minimum atomic E-state index is -0.0916. The molecule has 0 radical (unpaired) electrons. The molecule has 0 saturated carbocycles. The van der Waals surface area contributed by atoms with E-state index in [4.69, 9.17) is 0 Å². The first-order valence-corrected chi connectivity index (χ1v) is 35.4. The first kappa shape index (κ1) is 58.7. The van der Waals surface area contributed by atoms with Gasteiger partial charge in [-0.15, -0.1) is 0 Å². The fourth-order valence-electron chi connectivity index (χ4n) is 17.6. The predicted octanol–water partition coefficient (Wildman–Crippen LogP) is 28.4. The van der Waals surface area contributed by atoms with Gasteiger partial charge in [0.25, 0.3) is 0 Å². The van der Waals surface area contributed by atoms with Crippen molar-refractivity contribution < 1.29 is 0 Å². The molecule has 2 aliphatic carbocycles. The van der Waals surface area contributed by atoms with Gasteiger partial charge in [-0.25, -0.2) is 0 Å². The van der Waals surface area contributed by atoms with Crippen molar-refractivity contribution in [1.29, 1.82) is 0 Å². The third-order valence-corrected chi connectivity index (χ3v) is 22.6. The minimum absolute atomic E-state index is 0.0916. The van der Waals surface area contributed by atoms with E-state index >= 15 is 0 Å². The van der Waals surface area contributed by atoms with Gasteiger partial charge in [0.2, 0.25) is 0 Å². The van der Waals surface area contributed by atoms with E-state index in [2.05, 4.69) is 338 Å². The van der Waals surface area contributed by atoms with Crippen molar-refractivity contribution in [2.24, 2.45) is 0 Å². The van der Waals surface area contributed by atoms with Crippen LogP contribution < -0.4 is 0 Å². The maximum Gasteiger partial charge on any atom is -0.000740 e. The molecule has 0 fully saturated rings. The molecule has 0 amide bonds. The second-order valence-electron chi connectivity index (χ2n) is 32.7. The van der Waals surface area contributed by atoms with Crippen LogP contribution in [0.15, 0.2) is 255 Å². The van der Waals surface area contributed by atoms with E-state index in [1.165, 1.54) is 219 Å². The van der Waals surface area contributed by atoms with Crippen LogP contribution in [0.4, 0.5) is 0 Å². The Balaban J connectivity index is 0.994. The van der Waals surface area contributed by atoms with Crippen LogP contribution in [0.1, 0.15) is 105 Å². The molecule has 0 heterocycles. The van der Waals surface area contributed by atoms with Crippen molar-refractivity contribution >= 4 is 108 Å². The highest BCUT2D eigenvalue weighted by Crippen LogP contribution is 2.65. The summed E-state index contributed by atoms with van der Waals surface area (Å²) in [4.78, 5) is 0. The highest BCUT2D eigenvalue weighted by atomic mass is 14.4. The van der Waals surface area contributed by atoms with E-state index in [0.717, 1.165) is 0 Å². The highest BCUT2D eigenvalue weighted by Gasteiger charge is 2.39. The molecule has 0 aromatic heterocycles. The zero-order valence-electron chi connectivity index (χ0n) is 58.2. The van der Waals surface area contributed by atoms with Crippen LogP contribution in [0.25, 0.3) is 197 Å². The molecule has 0 N–H and O–H groups in total. The average molecular weight is 1260 g/mol. The number of benzene rings is 17. The van der Waals surface area contributed by atoms with Crippen LogP contribution in [0.3, 0.4) is 0 Å². The molecule has 0 unspecified atom stereocenters. The molecule has 470 valence electrons. The van der Waals surface area contributed by atoms with Crippen molar-refractivity contribution in [2.45, 2.75) is 105 Å². The summed E-state index contributed by atoms with van der Waals surface area (Å²) in [6, 6.07) is 99.9. The Morgan fingerprint density at radius 2 is 0.398 bits per heavy atom. The van der Waals surface area contributed by atoms with Crippen molar-refractivity contribution in [3.63, 3.8) is 0 Å². The van der Waals surface area contributed by atoms with Crippen molar-refractivity contribution in [2.75, 3.05) is 0 Å². The van der Waals surface area contributed by atoms with E-state index in [-0.39, 0.29) is 21.7 Å². The smallest absolute Gasteiger partial charge is 0.000740 e. The van der Waals surface area contributed by atoms with Gasteiger partial charge in [-0.2, -0.15) is 0 Å².